The van der Waals surface area contributed by atoms with E-state index in [1.807, 2.05) is 0 Å². The Morgan fingerprint density at radius 2 is 1.53 bits per heavy atom. The maximum atomic E-state index is 2.42. The SMILES string of the molecule is CCCCC(C)CCC(=C(C)C)C(C)CCC. The zero-order valence-electron chi connectivity index (χ0n) is 13.1. The summed E-state index contributed by atoms with van der Waals surface area (Å²) < 4.78 is 0. The van der Waals surface area contributed by atoms with E-state index in [2.05, 4.69) is 41.5 Å². The summed E-state index contributed by atoms with van der Waals surface area (Å²) in [6, 6.07) is 0. The summed E-state index contributed by atoms with van der Waals surface area (Å²) in [6.07, 6.45) is 9.52. The van der Waals surface area contributed by atoms with Gasteiger partial charge in [0.25, 0.3) is 0 Å². The first-order valence-corrected chi connectivity index (χ1v) is 7.69. The molecule has 0 saturated heterocycles. The van der Waals surface area contributed by atoms with Crippen LogP contribution in [0.1, 0.15) is 86.5 Å². The minimum atomic E-state index is 0.795. The van der Waals surface area contributed by atoms with Crippen molar-refractivity contribution in [1.82, 2.24) is 0 Å². The molecule has 0 fully saturated rings. The van der Waals surface area contributed by atoms with Gasteiger partial charge in [0.1, 0.15) is 0 Å². The molecule has 102 valence electrons. The maximum Gasteiger partial charge on any atom is -0.0229 e. The van der Waals surface area contributed by atoms with Gasteiger partial charge in [0.05, 0.1) is 0 Å². The quantitative estimate of drug-likeness (QED) is 0.410. The predicted octanol–water partition coefficient (Wildman–Crippen LogP) is 6.37. The van der Waals surface area contributed by atoms with Crippen LogP contribution in [0.5, 0.6) is 0 Å². The van der Waals surface area contributed by atoms with Crippen molar-refractivity contribution in [2.45, 2.75) is 86.5 Å². The Bertz CT molecular complexity index is 208. The molecule has 2 atom stereocenters. The topological polar surface area (TPSA) is 0 Å². The van der Waals surface area contributed by atoms with E-state index in [9.17, 15) is 0 Å². The smallest absolute Gasteiger partial charge is 0.0229 e. The molecule has 0 saturated carbocycles. The summed E-state index contributed by atoms with van der Waals surface area (Å²) in [5.74, 6) is 1.70. The van der Waals surface area contributed by atoms with Gasteiger partial charge in [0.15, 0.2) is 0 Å². The fourth-order valence-corrected chi connectivity index (χ4v) is 2.70. The van der Waals surface area contributed by atoms with E-state index < -0.39 is 0 Å². The van der Waals surface area contributed by atoms with Gasteiger partial charge in [-0.3, -0.25) is 0 Å². The van der Waals surface area contributed by atoms with Crippen LogP contribution in [0.25, 0.3) is 0 Å². The molecule has 0 amide bonds. The minimum absolute atomic E-state index is 0.795. The van der Waals surface area contributed by atoms with Crippen molar-refractivity contribution in [3.8, 4) is 0 Å². The van der Waals surface area contributed by atoms with Crippen LogP contribution in [0.15, 0.2) is 11.1 Å². The molecule has 0 nitrogen and oxygen atoms in total. The Balaban J connectivity index is 4.15. The zero-order valence-corrected chi connectivity index (χ0v) is 13.1. The molecule has 0 aromatic heterocycles. The molecule has 0 spiro atoms. The highest BCUT2D eigenvalue weighted by molar-refractivity contribution is 5.12. The monoisotopic (exact) mass is 238 g/mol. The number of rotatable bonds is 9. The Kier molecular flexibility index (Phi) is 9.59. The van der Waals surface area contributed by atoms with Gasteiger partial charge < -0.3 is 0 Å². The fourth-order valence-electron chi connectivity index (χ4n) is 2.70. The summed E-state index contributed by atoms with van der Waals surface area (Å²) in [5.41, 5.74) is 3.30. The van der Waals surface area contributed by atoms with Gasteiger partial charge in [-0.05, 0) is 44.9 Å². The van der Waals surface area contributed by atoms with Gasteiger partial charge >= 0.3 is 0 Å². The van der Waals surface area contributed by atoms with Crippen molar-refractivity contribution in [3.05, 3.63) is 11.1 Å². The number of hydrogen-bond acceptors (Lipinski definition) is 0. The lowest BCUT2D eigenvalue weighted by Crippen LogP contribution is -2.04. The highest BCUT2D eigenvalue weighted by atomic mass is 14.2. The van der Waals surface area contributed by atoms with Crippen molar-refractivity contribution in [2.24, 2.45) is 11.8 Å². The highest BCUT2D eigenvalue weighted by Crippen LogP contribution is 2.27. The van der Waals surface area contributed by atoms with Gasteiger partial charge in [0, 0.05) is 0 Å². The molecule has 17 heavy (non-hydrogen) atoms. The molecule has 0 radical (unpaired) electrons. The first-order chi connectivity index (χ1) is 8.02. The number of allylic oxidation sites excluding steroid dienone is 2. The van der Waals surface area contributed by atoms with Crippen LogP contribution >= 0.6 is 0 Å². The van der Waals surface area contributed by atoms with Crippen molar-refractivity contribution in [3.63, 3.8) is 0 Å². The molecular weight excluding hydrogens is 204 g/mol. The largest absolute Gasteiger partial charge is 0.0770 e. The molecule has 0 aromatic rings. The first kappa shape index (κ1) is 16.7. The van der Waals surface area contributed by atoms with Crippen LogP contribution in [0.3, 0.4) is 0 Å². The summed E-state index contributed by atoms with van der Waals surface area (Å²) in [7, 11) is 0. The Morgan fingerprint density at radius 3 is 2.00 bits per heavy atom. The summed E-state index contributed by atoms with van der Waals surface area (Å²) in [5, 5.41) is 0. The van der Waals surface area contributed by atoms with Gasteiger partial charge in [0.2, 0.25) is 0 Å². The average Bonchev–Trinajstić information content (AvgIpc) is 2.26. The van der Waals surface area contributed by atoms with Gasteiger partial charge in [-0.1, -0.05) is 64.5 Å². The summed E-state index contributed by atoms with van der Waals surface area (Å²) in [6.45, 7) is 14.0. The maximum absolute atomic E-state index is 2.42. The van der Waals surface area contributed by atoms with Gasteiger partial charge in [-0.25, -0.2) is 0 Å². The third-order valence-corrected chi connectivity index (χ3v) is 3.92. The molecule has 0 N–H and O–H groups in total. The first-order valence-electron chi connectivity index (χ1n) is 7.69. The standard InChI is InChI=1S/C17H34/c1-7-9-11-15(5)12-13-17(14(3)4)16(6)10-8-2/h15-16H,7-13H2,1-6H3. The molecule has 0 heteroatoms. The highest BCUT2D eigenvalue weighted by Gasteiger charge is 2.11. The lowest BCUT2D eigenvalue weighted by atomic mass is 9.86. The molecule has 0 heterocycles. The second kappa shape index (κ2) is 9.74. The van der Waals surface area contributed by atoms with Crippen LogP contribution in [0.2, 0.25) is 0 Å². The Labute approximate surface area is 110 Å². The minimum Gasteiger partial charge on any atom is -0.0770 e. The van der Waals surface area contributed by atoms with E-state index in [0.29, 0.717) is 0 Å². The van der Waals surface area contributed by atoms with E-state index >= 15 is 0 Å². The number of unbranched alkanes of at least 4 members (excludes halogenated alkanes) is 1. The van der Waals surface area contributed by atoms with E-state index in [1.54, 1.807) is 11.1 Å². The molecule has 0 bridgehead atoms. The third-order valence-electron chi connectivity index (χ3n) is 3.92. The van der Waals surface area contributed by atoms with Crippen molar-refractivity contribution in [2.75, 3.05) is 0 Å². The zero-order chi connectivity index (χ0) is 13.3. The molecule has 2 unspecified atom stereocenters. The normalized spacial score (nSPS) is 14.5. The Morgan fingerprint density at radius 1 is 0.882 bits per heavy atom. The van der Waals surface area contributed by atoms with Crippen LogP contribution in [0.4, 0.5) is 0 Å². The molecular formula is C17H34. The Hall–Kier alpha value is -0.260. The average molecular weight is 238 g/mol. The molecule has 0 aliphatic heterocycles. The van der Waals surface area contributed by atoms with Crippen molar-refractivity contribution in [1.29, 1.82) is 0 Å². The van der Waals surface area contributed by atoms with Crippen LogP contribution in [0, 0.1) is 11.8 Å². The van der Waals surface area contributed by atoms with E-state index in [0.717, 1.165) is 11.8 Å². The van der Waals surface area contributed by atoms with Crippen molar-refractivity contribution < 1.29 is 0 Å². The second-order valence-electron chi connectivity index (χ2n) is 6.00. The van der Waals surface area contributed by atoms with Crippen molar-refractivity contribution >= 4 is 0 Å². The van der Waals surface area contributed by atoms with Crippen LogP contribution in [-0.2, 0) is 0 Å². The predicted molar refractivity (Wildman–Crippen MR) is 80.4 cm³/mol. The third kappa shape index (κ3) is 7.63. The lowest BCUT2D eigenvalue weighted by molar-refractivity contribution is 0.454. The van der Waals surface area contributed by atoms with E-state index in [-0.39, 0.29) is 0 Å². The van der Waals surface area contributed by atoms with E-state index in [4.69, 9.17) is 0 Å². The fraction of sp³-hybridized carbons (Fsp3) is 0.882. The van der Waals surface area contributed by atoms with E-state index in [1.165, 1.54) is 44.9 Å². The number of hydrogen-bond donors (Lipinski definition) is 0. The van der Waals surface area contributed by atoms with Gasteiger partial charge in [-0.15, -0.1) is 0 Å². The molecule has 0 aromatic carbocycles. The van der Waals surface area contributed by atoms with Crippen LogP contribution in [-0.4, -0.2) is 0 Å². The molecule has 0 rings (SSSR count). The summed E-state index contributed by atoms with van der Waals surface area (Å²) >= 11 is 0. The lowest BCUT2D eigenvalue weighted by Gasteiger charge is -2.20. The molecule has 0 aliphatic carbocycles. The van der Waals surface area contributed by atoms with Crippen LogP contribution < -0.4 is 0 Å². The summed E-state index contributed by atoms with van der Waals surface area (Å²) in [4.78, 5) is 0. The van der Waals surface area contributed by atoms with Gasteiger partial charge in [-0.2, -0.15) is 0 Å². The molecule has 0 aliphatic rings. The second-order valence-corrected chi connectivity index (χ2v) is 6.00.